The van der Waals surface area contributed by atoms with Crippen molar-refractivity contribution in [2.45, 2.75) is 6.92 Å². The first-order chi connectivity index (χ1) is 8.60. The molecule has 0 radical (unpaired) electrons. The molecule has 1 heterocycles. The normalized spacial score (nSPS) is 10.2. The zero-order valence-corrected chi connectivity index (χ0v) is 11.9. The highest BCUT2D eigenvalue weighted by atomic mass is 79.9. The number of benzene rings is 1. The van der Waals surface area contributed by atoms with Gasteiger partial charge in [-0.05, 0) is 40.5 Å². The molecule has 2 aromatic rings. The van der Waals surface area contributed by atoms with Crippen LogP contribution in [0.25, 0.3) is 0 Å². The smallest absolute Gasteiger partial charge is 0.160 e. The summed E-state index contributed by atoms with van der Waals surface area (Å²) in [5.74, 6) is 6.33. The number of nitrogens with two attached hydrogens (primary N) is 1. The van der Waals surface area contributed by atoms with E-state index < -0.39 is 0 Å². The Morgan fingerprint density at radius 1 is 1.28 bits per heavy atom. The molecule has 0 aliphatic carbocycles. The Morgan fingerprint density at radius 2 is 2.00 bits per heavy atom. The lowest BCUT2D eigenvalue weighted by Crippen LogP contribution is -2.09. The lowest BCUT2D eigenvalue weighted by Gasteiger charge is -2.10. The molecule has 0 amide bonds. The van der Waals surface area contributed by atoms with Crippen molar-refractivity contribution in [3.63, 3.8) is 0 Å². The number of aromatic nitrogens is 2. The Hall–Kier alpha value is -1.37. The highest BCUT2D eigenvalue weighted by molar-refractivity contribution is 9.10. The summed E-state index contributed by atoms with van der Waals surface area (Å²) in [6.07, 6.45) is 3.13. The van der Waals surface area contributed by atoms with Gasteiger partial charge in [0.15, 0.2) is 11.6 Å². The minimum atomic E-state index is 0.481. The van der Waals surface area contributed by atoms with Crippen LogP contribution >= 0.6 is 27.5 Å². The average molecular weight is 329 g/mol. The predicted octanol–water partition coefficient (Wildman–Crippen LogP) is 3.23. The van der Waals surface area contributed by atoms with Crippen LogP contribution in [0.15, 0.2) is 29.0 Å². The van der Waals surface area contributed by atoms with Gasteiger partial charge >= 0.3 is 0 Å². The van der Waals surface area contributed by atoms with Gasteiger partial charge in [-0.25, -0.2) is 10.8 Å². The van der Waals surface area contributed by atoms with Gasteiger partial charge in [-0.3, -0.25) is 4.98 Å². The van der Waals surface area contributed by atoms with E-state index >= 15 is 0 Å². The molecule has 1 aromatic heterocycles. The van der Waals surface area contributed by atoms with E-state index in [9.17, 15) is 0 Å². The van der Waals surface area contributed by atoms with Crippen LogP contribution in [0.4, 0.5) is 17.3 Å². The van der Waals surface area contributed by atoms with Crippen molar-refractivity contribution in [3.8, 4) is 0 Å². The first kappa shape index (κ1) is 13.1. The van der Waals surface area contributed by atoms with Crippen LogP contribution in [0.2, 0.25) is 5.02 Å². The second-order valence-electron chi connectivity index (χ2n) is 3.64. The van der Waals surface area contributed by atoms with Crippen LogP contribution in [-0.4, -0.2) is 9.97 Å². The molecule has 4 N–H and O–H groups in total. The van der Waals surface area contributed by atoms with E-state index in [0.717, 1.165) is 15.7 Å². The maximum Gasteiger partial charge on any atom is 0.160 e. The average Bonchev–Trinajstić information content (AvgIpc) is 2.36. The van der Waals surface area contributed by atoms with E-state index in [4.69, 9.17) is 17.4 Å². The molecule has 7 heteroatoms. The topological polar surface area (TPSA) is 75.9 Å². The molecular formula is C11H11BrClN5. The summed E-state index contributed by atoms with van der Waals surface area (Å²) in [5, 5.41) is 3.80. The van der Waals surface area contributed by atoms with Crippen LogP contribution < -0.4 is 16.6 Å². The highest BCUT2D eigenvalue weighted by Crippen LogP contribution is 2.30. The molecule has 2 rings (SSSR count). The number of rotatable bonds is 3. The maximum atomic E-state index is 6.08. The third kappa shape index (κ3) is 2.90. The van der Waals surface area contributed by atoms with Crippen LogP contribution in [0.5, 0.6) is 0 Å². The number of hydrazine groups is 1. The lowest BCUT2D eigenvalue weighted by molar-refractivity contribution is 1.16. The molecule has 0 bridgehead atoms. The fourth-order valence-electron chi connectivity index (χ4n) is 1.38. The van der Waals surface area contributed by atoms with Gasteiger partial charge in [0.1, 0.15) is 0 Å². The molecule has 0 unspecified atom stereocenters. The van der Waals surface area contributed by atoms with Crippen molar-refractivity contribution in [1.29, 1.82) is 0 Å². The lowest BCUT2D eigenvalue weighted by atomic mass is 10.2. The summed E-state index contributed by atoms with van der Waals surface area (Å²) in [5.41, 5.74) is 4.25. The van der Waals surface area contributed by atoms with E-state index in [2.05, 4.69) is 36.6 Å². The number of aryl methyl sites for hydroxylation is 1. The summed E-state index contributed by atoms with van der Waals surface area (Å²) in [6, 6.07) is 3.76. The molecule has 0 fully saturated rings. The van der Waals surface area contributed by atoms with Crippen LogP contribution in [-0.2, 0) is 0 Å². The van der Waals surface area contributed by atoms with Crippen molar-refractivity contribution >= 4 is 44.9 Å². The molecule has 18 heavy (non-hydrogen) atoms. The van der Waals surface area contributed by atoms with Crippen LogP contribution in [0, 0.1) is 6.92 Å². The molecule has 0 aliphatic heterocycles. The van der Waals surface area contributed by atoms with E-state index in [-0.39, 0.29) is 0 Å². The highest BCUT2D eigenvalue weighted by Gasteiger charge is 2.06. The van der Waals surface area contributed by atoms with E-state index in [1.165, 1.54) is 6.20 Å². The van der Waals surface area contributed by atoms with E-state index in [1.54, 1.807) is 6.20 Å². The number of nitrogen functional groups attached to an aromatic ring is 1. The van der Waals surface area contributed by atoms with Crippen molar-refractivity contribution in [2.75, 3.05) is 10.7 Å². The number of hydrogen-bond donors (Lipinski definition) is 3. The van der Waals surface area contributed by atoms with Crippen molar-refractivity contribution in [2.24, 2.45) is 5.84 Å². The molecule has 5 nitrogen and oxygen atoms in total. The summed E-state index contributed by atoms with van der Waals surface area (Å²) in [7, 11) is 0. The van der Waals surface area contributed by atoms with Gasteiger partial charge < -0.3 is 10.7 Å². The Balaban J connectivity index is 2.30. The first-order valence-corrected chi connectivity index (χ1v) is 6.28. The molecule has 1 aromatic carbocycles. The molecule has 0 atom stereocenters. The zero-order chi connectivity index (χ0) is 13.1. The van der Waals surface area contributed by atoms with Gasteiger partial charge in [0.05, 0.1) is 18.1 Å². The molecular weight excluding hydrogens is 318 g/mol. The van der Waals surface area contributed by atoms with Crippen molar-refractivity contribution < 1.29 is 0 Å². The van der Waals surface area contributed by atoms with Gasteiger partial charge in [0.25, 0.3) is 0 Å². The zero-order valence-electron chi connectivity index (χ0n) is 9.54. The molecule has 0 saturated carbocycles. The van der Waals surface area contributed by atoms with Crippen molar-refractivity contribution in [1.82, 2.24) is 9.97 Å². The second-order valence-corrected chi connectivity index (χ2v) is 4.90. The Bertz CT molecular complexity index is 575. The van der Waals surface area contributed by atoms with Gasteiger partial charge in [0, 0.05) is 9.50 Å². The largest absolute Gasteiger partial charge is 0.338 e. The molecule has 0 spiro atoms. The predicted molar refractivity (Wildman–Crippen MR) is 77.0 cm³/mol. The quantitative estimate of drug-likeness (QED) is 0.596. The fourth-order valence-corrected chi connectivity index (χ4v) is 2.10. The standard InChI is InChI=1S/C11H11BrClN5/c1-6-2-7(12)9(3-8(6)13)16-10-4-15-5-11(17-10)18-14/h2-5H,14H2,1H3,(H2,16,17,18). The molecule has 94 valence electrons. The fraction of sp³-hybridized carbons (Fsp3) is 0.0909. The maximum absolute atomic E-state index is 6.08. The Morgan fingerprint density at radius 3 is 2.72 bits per heavy atom. The third-order valence-electron chi connectivity index (χ3n) is 2.29. The number of nitrogens with one attached hydrogen (secondary N) is 2. The number of nitrogens with zero attached hydrogens (tertiary/aromatic N) is 2. The van der Waals surface area contributed by atoms with Crippen LogP contribution in [0.1, 0.15) is 5.56 Å². The van der Waals surface area contributed by atoms with Gasteiger partial charge in [-0.2, -0.15) is 0 Å². The minimum absolute atomic E-state index is 0.481. The number of halogens is 2. The minimum Gasteiger partial charge on any atom is -0.338 e. The SMILES string of the molecule is Cc1cc(Br)c(Nc2cncc(NN)n2)cc1Cl. The molecule has 0 saturated heterocycles. The molecule has 0 aliphatic rings. The van der Waals surface area contributed by atoms with Crippen LogP contribution in [0.3, 0.4) is 0 Å². The van der Waals surface area contributed by atoms with Gasteiger partial charge in [-0.1, -0.05) is 11.6 Å². The summed E-state index contributed by atoms with van der Waals surface area (Å²) >= 11 is 9.55. The Labute approximate surface area is 118 Å². The van der Waals surface area contributed by atoms with Gasteiger partial charge in [-0.15, -0.1) is 0 Å². The van der Waals surface area contributed by atoms with Gasteiger partial charge in [0.2, 0.25) is 0 Å². The second kappa shape index (κ2) is 5.51. The number of anilines is 3. The summed E-state index contributed by atoms with van der Waals surface area (Å²) in [4.78, 5) is 8.21. The summed E-state index contributed by atoms with van der Waals surface area (Å²) < 4.78 is 0.900. The third-order valence-corrected chi connectivity index (χ3v) is 3.36. The number of hydrogen-bond acceptors (Lipinski definition) is 5. The van der Waals surface area contributed by atoms with E-state index in [1.807, 2.05) is 19.1 Å². The van der Waals surface area contributed by atoms with Crippen molar-refractivity contribution in [3.05, 3.63) is 39.6 Å². The van der Waals surface area contributed by atoms with E-state index in [0.29, 0.717) is 16.7 Å². The first-order valence-electron chi connectivity index (χ1n) is 5.11. The summed E-state index contributed by atoms with van der Waals surface area (Å²) in [6.45, 7) is 1.94. The Kier molecular flexibility index (Phi) is 4.00. The monoisotopic (exact) mass is 327 g/mol.